The Morgan fingerprint density at radius 1 is 1.21 bits per heavy atom. The van der Waals surface area contributed by atoms with Crippen molar-refractivity contribution < 1.29 is 36.0 Å². The van der Waals surface area contributed by atoms with E-state index in [4.69, 9.17) is 4.84 Å². The lowest BCUT2D eigenvalue weighted by atomic mass is 10.0. The molecule has 0 aliphatic carbocycles. The van der Waals surface area contributed by atoms with E-state index in [1.165, 1.54) is 0 Å². The largest absolute Gasteiger partial charge is 0.421 e. The first-order valence-electron chi connectivity index (χ1n) is 9.91. The predicted molar refractivity (Wildman–Crippen MR) is 107 cm³/mol. The summed E-state index contributed by atoms with van der Waals surface area (Å²) < 4.78 is 76.5. The zero-order valence-electron chi connectivity index (χ0n) is 17.6. The molecule has 184 valence electrons. The van der Waals surface area contributed by atoms with E-state index in [1.54, 1.807) is 17.9 Å². The summed E-state index contributed by atoms with van der Waals surface area (Å²) in [4.78, 5) is 39.8. The number of halogens is 6. The fourth-order valence-electron chi connectivity index (χ4n) is 3.08. The molecule has 8 nitrogen and oxygen atoms in total. The van der Waals surface area contributed by atoms with Gasteiger partial charge in [-0.15, -0.1) is 0 Å². The Hall–Kier alpha value is -3.42. The van der Waals surface area contributed by atoms with E-state index < -0.39 is 40.9 Å². The zero-order chi connectivity index (χ0) is 25.1. The molecule has 2 N–H and O–H groups in total. The number of hydroxylamine groups is 1. The molecule has 0 spiro atoms. The third-order valence-corrected chi connectivity index (χ3v) is 5.05. The van der Waals surface area contributed by atoms with Crippen molar-refractivity contribution in [3.8, 4) is 0 Å². The van der Waals surface area contributed by atoms with E-state index >= 15 is 0 Å². The summed E-state index contributed by atoms with van der Waals surface area (Å²) in [5, 5.41) is 0. The molecule has 1 unspecified atom stereocenters. The van der Waals surface area contributed by atoms with Gasteiger partial charge in [0.05, 0.1) is 12.2 Å². The first kappa shape index (κ1) is 25.2. The van der Waals surface area contributed by atoms with Crippen LogP contribution in [0, 0.1) is 0 Å². The Labute approximate surface area is 188 Å². The average molecular weight is 491 g/mol. The van der Waals surface area contributed by atoms with Crippen molar-refractivity contribution in [2.45, 2.75) is 31.6 Å². The third kappa shape index (κ3) is 6.12. The first-order valence-corrected chi connectivity index (χ1v) is 9.91. The Balaban J connectivity index is 1.51. The van der Waals surface area contributed by atoms with Crippen LogP contribution in [0.15, 0.2) is 41.1 Å². The van der Waals surface area contributed by atoms with Crippen LogP contribution in [0.25, 0.3) is 0 Å². The van der Waals surface area contributed by atoms with Crippen molar-refractivity contribution in [3.05, 3.63) is 63.4 Å². The number of nitrogens with one attached hydrogen (secondary N) is 2. The lowest BCUT2D eigenvalue weighted by molar-refractivity contribution is -0.139. The van der Waals surface area contributed by atoms with E-state index in [0.717, 1.165) is 12.3 Å². The fraction of sp³-hybridized carbons (Fsp3) is 0.400. The van der Waals surface area contributed by atoms with Gasteiger partial charge in [-0.2, -0.15) is 26.3 Å². The Bertz CT molecular complexity index is 1110. The second-order valence-electron chi connectivity index (χ2n) is 7.51. The highest BCUT2D eigenvalue weighted by molar-refractivity contribution is 5.93. The molecular formula is C20H19F6N5O3. The van der Waals surface area contributed by atoms with Crippen LogP contribution in [0.4, 0.5) is 32.3 Å². The summed E-state index contributed by atoms with van der Waals surface area (Å²) in [6.07, 6.45) is -5.04. The van der Waals surface area contributed by atoms with Gasteiger partial charge in [-0.3, -0.25) is 14.4 Å². The van der Waals surface area contributed by atoms with Crippen LogP contribution in [-0.4, -0.2) is 40.6 Å². The topological polar surface area (TPSA) is 100 Å². The van der Waals surface area contributed by atoms with Crippen molar-refractivity contribution in [1.29, 1.82) is 0 Å². The van der Waals surface area contributed by atoms with Crippen molar-refractivity contribution in [1.82, 2.24) is 20.4 Å². The summed E-state index contributed by atoms with van der Waals surface area (Å²) >= 11 is 0. The Morgan fingerprint density at radius 3 is 2.44 bits per heavy atom. The lowest BCUT2D eigenvalue weighted by Gasteiger charge is -2.26. The summed E-state index contributed by atoms with van der Waals surface area (Å²) in [6, 6.07) is 0.732. The maximum Gasteiger partial charge on any atom is 0.421 e. The highest BCUT2D eigenvalue weighted by Gasteiger charge is 2.34. The fourth-order valence-corrected chi connectivity index (χ4v) is 3.08. The number of amides is 1. The Morgan fingerprint density at radius 2 is 1.88 bits per heavy atom. The number of H-pyrrole nitrogens is 1. The van der Waals surface area contributed by atoms with E-state index in [2.05, 4.69) is 15.4 Å². The molecule has 0 fully saturated rings. The molecule has 1 atom stereocenters. The molecule has 0 saturated carbocycles. The van der Waals surface area contributed by atoms with Gasteiger partial charge in [0.1, 0.15) is 5.56 Å². The molecule has 1 aliphatic rings. The quantitative estimate of drug-likeness (QED) is 0.476. The number of aromatic nitrogens is 3. The van der Waals surface area contributed by atoms with Crippen LogP contribution >= 0.6 is 0 Å². The molecule has 2 aromatic heterocycles. The summed E-state index contributed by atoms with van der Waals surface area (Å²) in [5.74, 6) is -1.04. The van der Waals surface area contributed by atoms with Crippen LogP contribution in [0.3, 0.4) is 0 Å². The summed E-state index contributed by atoms with van der Waals surface area (Å²) in [5.41, 5.74) is -0.799. The van der Waals surface area contributed by atoms with Crippen molar-refractivity contribution in [2.24, 2.45) is 0 Å². The maximum absolute atomic E-state index is 12.9. The highest BCUT2D eigenvalue weighted by atomic mass is 19.4. The molecule has 3 rings (SSSR count). The smallest absolute Gasteiger partial charge is 0.337 e. The zero-order valence-corrected chi connectivity index (χ0v) is 17.6. The van der Waals surface area contributed by atoms with Crippen LogP contribution in [0.2, 0.25) is 0 Å². The number of carbonyl (C=O) groups is 1. The summed E-state index contributed by atoms with van der Waals surface area (Å²) in [7, 11) is 0. The number of pyridine rings is 1. The van der Waals surface area contributed by atoms with Crippen LogP contribution in [-0.2, 0) is 22.0 Å². The average Bonchev–Trinajstić information content (AvgIpc) is 2.78. The molecule has 34 heavy (non-hydrogen) atoms. The van der Waals surface area contributed by atoms with Gasteiger partial charge in [0.15, 0.2) is 0 Å². The molecular weight excluding hydrogens is 472 g/mol. The monoisotopic (exact) mass is 491 g/mol. The van der Waals surface area contributed by atoms with Crippen molar-refractivity contribution in [3.63, 3.8) is 0 Å². The minimum absolute atomic E-state index is 0.0907. The van der Waals surface area contributed by atoms with Gasteiger partial charge < -0.3 is 9.88 Å². The number of hydrogen-bond acceptors (Lipinski definition) is 6. The lowest BCUT2D eigenvalue weighted by Crippen LogP contribution is -2.35. The number of hydrogen-bond donors (Lipinski definition) is 2. The second kappa shape index (κ2) is 9.83. The minimum Gasteiger partial charge on any atom is -0.337 e. The van der Waals surface area contributed by atoms with Gasteiger partial charge in [0, 0.05) is 43.2 Å². The van der Waals surface area contributed by atoms with Gasteiger partial charge >= 0.3 is 12.4 Å². The number of rotatable bonds is 6. The van der Waals surface area contributed by atoms with E-state index in [9.17, 15) is 35.9 Å². The van der Waals surface area contributed by atoms with Gasteiger partial charge in [-0.1, -0.05) is 13.0 Å². The second-order valence-corrected chi connectivity index (χ2v) is 7.51. The normalized spacial score (nSPS) is 15.6. The van der Waals surface area contributed by atoms with E-state index in [1.807, 2.05) is 4.98 Å². The molecule has 0 aromatic carbocycles. The number of aromatic amines is 1. The number of nitrogens with zero attached hydrogens (tertiary/aromatic N) is 3. The third-order valence-electron chi connectivity index (χ3n) is 5.05. The van der Waals surface area contributed by atoms with Crippen molar-refractivity contribution >= 4 is 11.9 Å². The molecule has 2 aromatic rings. The van der Waals surface area contributed by atoms with Crippen molar-refractivity contribution in [2.75, 3.05) is 24.6 Å². The van der Waals surface area contributed by atoms with Gasteiger partial charge in [0.25, 0.3) is 11.5 Å². The molecule has 1 amide bonds. The first-order chi connectivity index (χ1) is 15.9. The Kier molecular flexibility index (Phi) is 7.29. The van der Waals surface area contributed by atoms with Crippen LogP contribution < -0.4 is 15.9 Å². The highest BCUT2D eigenvalue weighted by Crippen LogP contribution is 2.29. The SMILES string of the molecule is CC(CONC(=O)C1=CCN(c2ncc(C(F)(F)F)cn2)CC1)c1c[nH]c(=O)c(C(F)(F)F)c1. The molecule has 0 bridgehead atoms. The molecule has 3 heterocycles. The number of anilines is 1. The molecule has 0 radical (unpaired) electrons. The van der Waals surface area contributed by atoms with Gasteiger partial charge in [0.2, 0.25) is 5.95 Å². The molecule has 14 heteroatoms. The minimum atomic E-state index is -4.80. The molecule has 0 saturated heterocycles. The van der Waals surface area contributed by atoms with Gasteiger partial charge in [-0.25, -0.2) is 15.4 Å². The van der Waals surface area contributed by atoms with Crippen LogP contribution in [0.1, 0.15) is 36.0 Å². The van der Waals surface area contributed by atoms with Gasteiger partial charge in [-0.05, 0) is 18.1 Å². The van der Waals surface area contributed by atoms with E-state index in [0.29, 0.717) is 18.0 Å². The van der Waals surface area contributed by atoms with Crippen LogP contribution in [0.5, 0.6) is 0 Å². The van der Waals surface area contributed by atoms with E-state index in [-0.39, 0.29) is 37.6 Å². The number of carbonyl (C=O) groups excluding carboxylic acids is 1. The number of alkyl halides is 6. The standard InChI is InChI=1S/C20H19F6N5O3/c1-11(13-6-15(20(24,25)26)17(33)27-7-13)10-34-30-16(32)12-2-4-31(5-3-12)18-28-8-14(9-29-18)19(21,22)23/h2,6-9,11H,3-5,10H2,1H3,(H,27,33)(H,30,32). The molecule has 1 aliphatic heterocycles. The maximum atomic E-state index is 12.9. The summed E-state index contributed by atoms with van der Waals surface area (Å²) in [6.45, 7) is 1.86. The predicted octanol–water partition coefficient (Wildman–Crippen LogP) is 3.19.